The third kappa shape index (κ3) is 4.73. The molecule has 3 aromatic carbocycles. The van der Waals surface area contributed by atoms with Crippen LogP contribution in [-0.2, 0) is 6.18 Å². The average molecular weight is 477 g/mol. The maximum absolute atomic E-state index is 13.3. The highest BCUT2D eigenvalue weighted by Crippen LogP contribution is 2.34. The second-order valence-electron chi connectivity index (χ2n) is 8.60. The first-order chi connectivity index (χ1) is 16.9. The summed E-state index contributed by atoms with van der Waals surface area (Å²) in [6.45, 7) is 1.87. The Labute approximate surface area is 200 Å². The van der Waals surface area contributed by atoms with Gasteiger partial charge in [-0.2, -0.15) is 23.4 Å². The number of halogens is 3. The lowest BCUT2D eigenvalue weighted by atomic mass is 10.0. The Bertz CT molecular complexity index is 1380. The number of aromatic nitrogens is 1. The van der Waals surface area contributed by atoms with Gasteiger partial charge in [-0.15, -0.1) is 0 Å². The van der Waals surface area contributed by atoms with Crippen molar-refractivity contribution in [2.75, 3.05) is 25.0 Å². The Kier molecular flexibility index (Phi) is 6.18. The van der Waals surface area contributed by atoms with Crippen LogP contribution in [0.2, 0.25) is 0 Å². The van der Waals surface area contributed by atoms with Gasteiger partial charge in [0.05, 0.1) is 11.6 Å². The zero-order valence-corrected chi connectivity index (χ0v) is 18.8. The summed E-state index contributed by atoms with van der Waals surface area (Å²) in [5.41, 5.74) is 0.773. The fourth-order valence-electron chi connectivity index (χ4n) is 4.67. The quantitative estimate of drug-likeness (QED) is 0.338. The molecular formula is C27H23F3N4O. The molecule has 1 fully saturated rings. The van der Waals surface area contributed by atoms with Crippen LogP contribution in [-0.4, -0.2) is 29.5 Å². The van der Waals surface area contributed by atoms with Crippen molar-refractivity contribution in [3.05, 3.63) is 83.6 Å². The van der Waals surface area contributed by atoms with Gasteiger partial charge >= 0.3 is 6.18 Å². The molecule has 0 radical (unpaired) electrons. The van der Waals surface area contributed by atoms with E-state index in [1.807, 2.05) is 42.5 Å². The largest absolute Gasteiger partial charge is 0.419 e. The van der Waals surface area contributed by atoms with Gasteiger partial charge in [0, 0.05) is 12.1 Å². The SMILES string of the molecule is N#Cc1nc(-c2cccc3ccccc23)oc1NC[C@@H](c1cccc(C(F)(F)F)c1)N1CCCC1. The van der Waals surface area contributed by atoms with E-state index in [0.29, 0.717) is 11.5 Å². The molecule has 0 unspecified atom stereocenters. The van der Waals surface area contributed by atoms with Crippen LogP contribution in [0.25, 0.3) is 22.2 Å². The summed E-state index contributed by atoms with van der Waals surface area (Å²) in [5.74, 6) is 0.532. The fourth-order valence-corrected chi connectivity index (χ4v) is 4.67. The number of oxazole rings is 1. The van der Waals surface area contributed by atoms with Gasteiger partial charge in [-0.25, -0.2) is 0 Å². The second-order valence-corrected chi connectivity index (χ2v) is 8.60. The molecule has 0 bridgehead atoms. The van der Waals surface area contributed by atoms with E-state index in [1.165, 1.54) is 12.1 Å². The number of alkyl halides is 3. The van der Waals surface area contributed by atoms with Crippen LogP contribution in [0.4, 0.5) is 19.1 Å². The van der Waals surface area contributed by atoms with Gasteiger partial charge in [-0.05, 0) is 60.5 Å². The van der Waals surface area contributed by atoms with Gasteiger partial charge in [0.15, 0.2) is 0 Å². The summed E-state index contributed by atoms with van der Waals surface area (Å²) in [5, 5.41) is 14.8. The molecule has 1 N–H and O–H groups in total. The van der Waals surface area contributed by atoms with Crippen molar-refractivity contribution in [2.45, 2.75) is 25.1 Å². The summed E-state index contributed by atoms with van der Waals surface area (Å²) in [4.78, 5) is 6.55. The number of fused-ring (bicyclic) bond motifs is 1. The van der Waals surface area contributed by atoms with Crippen molar-refractivity contribution in [2.24, 2.45) is 0 Å². The molecule has 178 valence electrons. The third-order valence-corrected chi connectivity index (χ3v) is 6.39. The fraction of sp³-hybridized carbons (Fsp3) is 0.259. The van der Waals surface area contributed by atoms with Crippen molar-refractivity contribution >= 4 is 16.7 Å². The Morgan fingerprint density at radius 2 is 1.77 bits per heavy atom. The highest BCUT2D eigenvalue weighted by Gasteiger charge is 2.32. The molecule has 0 aliphatic carbocycles. The molecule has 0 spiro atoms. The van der Waals surface area contributed by atoms with Crippen LogP contribution in [0, 0.1) is 11.3 Å². The summed E-state index contributed by atoms with van der Waals surface area (Å²) < 4.78 is 46.0. The van der Waals surface area contributed by atoms with Crippen molar-refractivity contribution < 1.29 is 17.6 Å². The normalized spacial score (nSPS) is 15.3. The molecule has 1 atom stereocenters. The Morgan fingerprint density at radius 3 is 2.54 bits per heavy atom. The second kappa shape index (κ2) is 9.43. The molecule has 8 heteroatoms. The van der Waals surface area contributed by atoms with Gasteiger partial charge < -0.3 is 9.73 Å². The zero-order chi connectivity index (χ0) is 24.4. The first-order valence-corrected chi connectivity index (χ1v) is 11.5. The summed E-state index contributed by atoms with van der Waals surface area (Å²) in [6.07, 6.45) is -2.43. The number of nitrogens with one attached hydrogen (secondary N) is 1. The standard InChI is InChI=1S/C27H23F3N4O/c28-27(29,30)20-10-5-9-19(15-20)24(34-13-3-4-14-34)17-32-26-23(16-31)33-25(35-26)22-12-6-8-18-7-1-2-11-21(18)22/h1-2,5-12,15,24,32H,3-4,13-14,17H2/t24-/m0/s1. The number of nitrogens with zero attached hydrogens (tertiary/aromatic N) is 3. The van der Waals surface area contributed by atoms with Crippen LogP contribution in [0.3, 0.4) is 0 Å². The highest BCUT2D eigenvalue weighted by molar-refractivity contribution is 5.94. The van der Waals surface area contributed by atoms with Crippen LogP contribution in [0.1, 0.15) is 35.7 Å². The minimum Gasteiger partial charge on any atom is -0.419 e. The lowest BCUT2D eigenvalue weighted by molar-refractivity contribution is -0.137. The molecule has 2 heterocycles. The minimum absolute atomic E-state index is 0.108. The third-order valence-electron chi connectivity index (χ3n) is 6.39. The van der Waals surface area contributed by atoms with Crippen LogP contribution in [0.15, 0.2) is 71.1 Å². The van der Waals surface area contributed by atoms with E-state index < -0.39 is 11.7 Å². The van der Waals surface area contributed by atoms with Gasteiger partial charge in [0.2, 0.25) is 17.5 Å². The number of rotatable bonds is 6. The highest BCUT2D eigenvalue weighted by atomic mass is 19.4. The number of nitriles is 1. The van der Waals surface area contributed by atoms with E-state index >= 15 is 0 Å². The summed E-state index contributed by atoms with van der Waals surface area (Å²) in [6, 6.07) is 20.8. The van der Waals surface area contributed by atoms with Gasteiger partial charge in [-0.1, -0.05) is 48.5 Å². The molecule has 5 rings (SSSR count). The van der Waals surface area contributed by atoms with Crippen LogP contribution in [0.5, 0.6) is 0 Å². The molecule has 35 heavy (non-hydrogen) atoms. The predicted molar refractivity (Wildman–Crippen MR) is 128 cm³/mol. The van der Waals surface area contributed by atoms with Crippen LogP contribution >= 0.6 is 0 Å². The van der Waals surface area contributed by atoms with Crippen LogP contribution < -0.4 is 5.32 Å². The molecule has 4 aromatic rings. The van der Waals surface area contributed by atoms with Crippen molar-refractivity contribution in [1.29, 1.82) is 5.26 Å². The van der Waals surface area contributed by atoms with Crippen molar-refractivity contribution in [3.63, 3.8) is 0 Å². The van der Waals surface area contributed by atoms with E-state index in [-0.39, 0.29) is 24.2 Å². The van der Waals surface area contributed by atoms with Crippen molar-refractivity contribution in [3.8, 4) is 17.5 Å². The molecule has 1 aliphatic heterocycles. The Hall–Kier alpha value is -3.83. The molecular weight excluding hydrogens is 453 g/mol. The first-order valence-electron chi connectivity index (χ1n) is 11.5. The summed E-state index contributed by atoms with van der Waals surface area (Å²) in [7, 11) is 0. The van der Waals surface area contributed by atoms with E-state index in [4.69, 9.17) is 4.42 Å². The van der Waals surface area contributed by atoms with E-state index in [0.717, 1.165) is 48.3 Å². The summed E-state index contributed by atoms with van der Waals surface area (Å²) >= 11 is 0. The number of benzene rings is 3. The van der Waals surface area contributed by atoms with Gasteiger partial charge in [0.25, 0.3) is 0 Å². The lowest BCUT2D eigenvalue weighted by Gasteiger charge is -2.28. The molecule has 1 saturated heterocycles. The smallest absolute Gasteiger partial charge is 0.416 e. The predicted octanol–water partition coefficient (Wildman–Crippen LogP) is 6.63. The Balaban J connectivity index is 1.45. The zero-order valence-electron chi connectivity index (χ0n) is 18.8. The average Bonchev–Trinajstić information content (AvgIpc) is 3.54. The lowest BCUT2D eigenvalue weighted by Crippen LogP contribution is -2.31. The molecule has 1 aromatic heterocycles. The monoisotopic (exact) mass is 476 g/mol. The first kappa shape index (κ1) is 22.9. The maximum Gasteiger partial charge on any atom is 0.416 e. The number of hydrogen-bond acceptors (Lipinski definition) is 5. The number of likely N-dealkylation sites (tertiary alicyclic amines) is 1. The van der Waals surface area contributed by atoms with Gasteiger partial charge in [-0.3, -0.25) is 4.90 Å². The molecule has 1 aliphatic rings. The van der Waals surface area contributed by atoms with E-state index in [9.17, 15) is 18.4 Å². The number of anilines is 1. The van der Waals surface area contributed by atoms with Gasteiger partial charge in [0.1, 0.15) is 6.07 Å². The topological polar surface area (TPSA) is 65.1 Å². The van der Waals surface area contributed by atoms with E-state index in [2.05, 4.69) is 21.3 Å². The minimum atomic E-state index is -4.41. The number of hydrogen-bond donors (Lipinski definition) is 1. The van der Waals surface area contributed by atoms with E-state index in [1.54, 1.807) is 6.07 Å². The molecule has 5 nitrogen and oxygen atoms in total. The molecule has 0 amide bonds. The molecule has 0 saturated carbocycles. The van der Waals surface area contributed by atoms with Crippen molar-refractivity contribution in [1.82, 2.24) is 9.88 Å². The Morgan fingerprint density at radius 1 is 1.03 bits per heavy atom. The maximum atomic E-state index is 13.3.